The molecule has 1 N–H and O–H groups in total. The fourth-order valence-corrected chi connectivity index (χ4v) is 9.00. The first-order valence-electron chi connectivity index (χ1n) is 13.4. The lowest BCUT2D eigenvalue weighted by atomic mass is 9.46. The van der Waals surface area contributed by atoms with Crippen LogP contribution in [-0.2, 0) is 42.8 Å². The summed E-state index contributed by atoms with van der Waals surface area (Å²) in [6, 6.07) is 0. The number of fused-ring (bicyclic) bond motifs is 1. The van der Waals surface area contributed by atoms with Crippen molar-refractivity contribution in [1.29, 1.82) is 0 Å². The predicted molar refractivity (Wildman–Crippen MR) is 124 cm³/mol. The van der Waals surface area contributed by atoms with E-state index in [0.29, 0.717) is 19.3 Å². The van der Waals surface area contributed by atoms with Crippen LogP contribution in [0.4, 0.5) is 0 Å². The van der Waals surface area contributed by atoms with Gasteiger partial charge < -0.3 is 28.8 Å². The molecule has 2 bridgehead atoms. The van der Waals surface area contributed by atoms with Crippen molar-refractivity contribution >= 4 is 17.9 Å². The zero-order chi connectivity index (χ0) is 27.0. The molecular formula is C27H38O10. The summed E-state index contributed by atoms with van der Waals surface area (Å²) in [6.45, 7) is 12.6. The molecule has 11 unspecified atom stereocenters. The summed E-state index contributed by atoms with van der Waals surface area (Å²) in [6.07, 6.45) is 0.211. The first-order chi connectivity index (χ1) is 17.0. The summed E-state index contributed by atoms with van der Waals surface area (Å²) in [5, 5.41) is 11.5. The second kappa shape index (κ2) is 7.25. The standard InChI is InChI=1S/C27H38O10/c1-13-16(33-15(3)28)10-17(22(4,5)31)25(9-8-18(29)32-12-25)26(13)11-23(6)14(2)19-20-24(7,35-21(19)30)36-27(23,34-20)37-26/h13-14,16-17,19-20,31H,8-12H2,1-7H3. The van der Waals surface area contributed by atoms with E-state index in [0.717, 1.165) is 0 Å². The van der Waals surface area contributed by atoms with Crippen LogP contribution in [-0.4, -0.2) is 64.8 Å². The summed E-state index contributed by atoms with van der Waals surface area (Å²) < 4.78 is 37.5. The van der Waals surface area contributed by atoms with Gasteiger partial charge in [-0.15, -0.1) is 0 Å². The molecule has 3 spiro atoms. The van der Waals surface area contributed by atoms with E-state index in [1.54, 1.807) is 20.8 Å². The normalized spacial score (nSPS) is 54.3. The fourth-order valence-electron chi connectivity index (χ4n) is 9.00. The number of cyclic esters (lactones) is 1. The van der Waals surface area contributed by atoms with Crippen molar-refractivity contribution in [3.63, 3.8) is 0 Å². The molecule has 10 heteroatoms. The van der Waals surface area contributed by atoms with E-state index in [1.165, 1.54) is 6.92 Å². The van der Waals surface area contributed by atoms with Gasteiger partial charge in [0, 0.05) is 37.5 Å². The van der Waals surface area contributed by atoms with Crippen molar-refractivity contribution in [3.05, 3.63) is 0 Å². The van der Waals surface area contributed by atoms with Crippen LogP contribution < -0.4 is 0 Å². The molecule has 6 aliphatic rings. The molecule has 206 valence electrons. The SMILES string of the molecule is CC(=O)OC1CC(C(C)(C)O)C2(CCC(=O)OC2)C2(CC3(C)C(C)C4C(=O)OC5(C)OC3(OC45)O2)C1C. The second-order valence-corrected chi connectivity index (χ2v) is 13.2. The Morgan fingerprint density at radius 3 is 2.43 bits per heavy atom. The minimum atomic E-state index is -1.52. The zero-order valence-electron chi connectivity index (χ0n) is 22.6. The summed E-state index contributed by atoms with van der Waals surface area (Å²) >= 11 is 0. The number of ether oxygens (including phenoxy) is 6. The molecule has 5 heterocycles. The minimum absolute atomic E-state index is 0.0533. The first kappa shape index (κ1) is 25.5. The Hall–Kier alpha value is -1.75. The first-order valence-corrected chi connectivity index (χ1v) is 13.4. The van der Waals surface area contributed by atoms with Gasteiger partial charge in [-0.05, 0) is 39.0 Å². The third kappa shape index (κ3) is 2.93. The van der Waals surface area contributed by atoms with Crippen LogP contribution in [0.15, 0.2) is 0 Å². The van der Waals surface area contributed by atoms with Gasteiger partial charge in [0.15, 0.2) is 0 Å². The highest BCUT2D eigenvalue weighted by Gasteiger charge is 2.86. The summed E-state index contributed by atoms with van der Waals surface area (Å²) in [5.74, 6) is -5.39. The Morgan fingerprint density at radius 2 is 1.84 bits per heavy atom. The van der Waals surface area contributed by atoms with E-state index in [2.05, 4.69) is 0 Å². The summed E-state index contributed by atoms with van der Waals surface area (Å²) in [7, 11) is 0. The van der Waals surface area contributed by atoms with Crippen molar-refractivity contribution in [3.8, 4) is 0 Å². The van der Waals surface area contributed by atoms with Crippen LogP contribution >= 0.6 is 0 Å². The Bertz CT molecular complexity index is 1060. The minimum Gasteiger partial charge on any atom is -0.465 e. The lowest BCUT2D eigenvalue weighted by molar-refractivity contribution is -0.437. The number of aliphatic hydroxyl groups is 1. The van der Waals surface area contributed by atoms with Crippen molar-refractivity contribution in [2.24, 2.45) is 34.5 Å². The third-order valence-electron chi connectivity index (χ3n) is 10.9. The lowest BCUT2D eigenvalue weighted by Gasteiger charge is -2.63. The van der Waals surface area contributed by atoms with Crippen LogP contribution in [0.25, 0.3) is 0 Å². The lowest BCUT2D eigenvalue weighted by Crippen LogP contribution is -2.70. The third-order valence-corrected chi connectivity index (χ3v) is 10.9. The molecule has 6 fully saturated rings. The average Bonchev–Trinajstić information content (AvgIpc) is 3.29. The van der Waals surface area contributed by atoms with Crippen LogP contribution in [0.3, 0.4) is 0 Å². The van der Waals surface area contributed by atoms with Crippen molar-refractivity contribution in [2.45, 2.75) is 109 Å². The van der Waals surface area contributed by atoms with E-state index in [1.807, 2.05) is 20.8 Å². The van der Waals surface area contributed by atoms with Crippen LogP contribution in [0.5, 0.6) is 0 Å². The molecule has 0 radical (unpaired) electrons. The molecule has 0 aromatic heterocycles. The van der Waals surface area contributed by atoms with Crippen LogP contribution in [0.1, 0.15) is 74.1 Å². The topological polar surface area (TPSA) is 127 Å². The fraction of sp³-hybridized carbons (Fsp3) is 0.889. The number of hydrogen-bond donors (Lipinski definition) is 1. The molecular weight excluding hydrogens is 484 g/mol. The average molecular weight is 523 g/mol. The van der Waals surface area contributed by atoms with Gasteiger partial charge in [-0.2, -0.15) is 0 Å². The van der Waals surface area contributed by atoms with Gasteiger partial charge in [-0.3, -0.25) is 19.1 Å². The van der Waals surface area contributed by atoms with Crippen molar-refractivity contribution in [2.75, 3.05) is 6.61 Å². The van der Waals surface area contributed by atoms with E-state index in [-0.39, 0.29) is 36.8 Å². The molecule has 37 heavy (non-hydrogen) atoms. The van der Waals surface area contributed by atoms with Gasteiger partial charge in [0.25, 0.3) is 5.97 Å². The van der Waals surface area contributed by atoms with Gasteiger partial charge in [-0.1, -0.05) is 20.8 Å². The summed E-state index contributed by atoms with van der Waals surface area (Å²) in [4.78, 5) is 37.4. The van der Waals surface area contributed by atoms with Gasteiger partial charge in [-0.25, -0.2) is 0 Å². The van der Waals surface area contributed by atoms with Gasteiger partial charge in [0.1, 0.15) is 18.8 Å². The van der Waals surface area contributed by atoms with Gasteiger partial charge >= 0.3 is 17.9 Å². The maximum Gasteiger partial charge on any atom is 0.314 e. The molecule has 6 rings (SSSR count). The Balaban J connectivity index is 1.55. The molecule has 5 saturated heterocycles. The number of carbonyl (C=O) groups excluding carboxylic acids is 3. The second-order valence-electron chi connectivity index (χ2n) is 13.2. The molecule has 1 saturated carbocycles. The van der Waals surface area contributed by atoms with Gasteiger partial charge in [0.2, 0.25) is 5.79 Å². The number of esters is 3. The highest BCUT2D eigenvalue weighted by Crippen LogP contribution is 2.75. The zero-order valence-corrected chi connectivity index (χ0v) is 22.6. The monoisotopic (exact) mass is 522 g/mol. The quantitative estimate of drug-likeness (QED) is 0.427. The Labute approximate surface area is 216 Å². The summed E-state index contributed by atoms with van der Waals surface area (Å²) in [5.41, 5.74) is -3.88. The van der Waals surface area contributed by atoms with Crippen molar-refractivity contribution < 1.29 is 47.9 Å². The van der Waals surface area contributed by atoms with Crippen LogP contribution in [0, 0.1) is 34.5 Å². The van der Waals surface area contributed by atoms with E-state index >= 15 is 0 Å². The largest absolute Gasteiger partial charge is 0.465 e. The van der Waals surface area contributed by atoms with Crippen LogP contribution in [0.2, 0.25) is 0 Å². The maximum absolute atomic E-state index is 12.9. The molecule has 5 aliphatic heterocycles. The smallest absolute Gasteiger partial charge is 0.314 e. The molecule has 10 nitrogen and oxygen atoms in total. The predicted octanol–water partition coefficient (Wildman–Crippen LogP) is 2.44. The number of rotatable bonds is 2. The maximum atomic E-state index is 12.9. The highest BCUT2D eigenvalue weighted by atomic mass is 17.0. The molecule has 0 aromatic rings. The molecule has 0 aromatic carbocycles. The van der Waals surface area contributed by atoms with E-state index in [4.69, 9.17) is 28.4 Å². The highest BCUT2D eigenvalue weighted by molar-refractivity contribution is 5.77. The number of hydrogen-bond acceptors (Lipinski definition) is 10. The Kier molecular flexibility index (Phi) is 5.00. The van der Waals surface area contributed by atoms with Gasteiger partial charge in [0.05, 0.1) is 22.5 Å². The molecule has 0 amide bonds. The number of carbonyl (C=O) groups is 3. The van der Waals surface area contributed by atoms with Crippen molar-refractivity contribution in [1.82, 2.24) is 0 Å². The van der Waals surface area contributed by atoms with E-state index in [9.17, 15) is 19.5 Å². The molecule has 11 atom stereocenters. The Morgan fingerprint density at radius 1 is 1.14 bits per heavy atom. The van der Waals surface area contributed by atoms with E-state index < -0.39 is 63.8 Å². The molecule has 1 aliphatic carbocycles.